The van der Waals surface area contributed by atoms with Gasteiger partial charge in [0, 0.05) is 31.0 Å². The van der Waals surface area contributed by atoms with Crippen molar-refractivity contribution in [2.75, 3.05) is 25.1 Å². The average molecular weight is 377 g/mol. The molecule has 2 aliphatic rings. The number of allylic oxidation sites excluding steroid dienone is 3. The van der Waals surface area contributed by atoms with Crippen LogP contribution in [0, 0.1) is 0 Å². The molecule has 1 aromatic rings. The predicted molar refractivity (Wildman–Crippen MR) is 104 cm³/mol. The summed E-state index contributed by atoms with van der Waals surface area (Å²) >= 11 is 0. The molecule has 8 nitrogen and oxygen atoms in total. The first kappa shape index (κ1) is 18.4. The van der Waals surface area contributed by atoms with E-state index in [1.54, 1.807) is 10.9 Å². The second-order valence-corrected chi connectivity index (χ2v) is 8.58. The maximum atomic E-state index is 11.8. The minimum atomic E-state index is -3.43. The van der Waals surface area contributed by atoms with Gasteiger partial charge in [-0.25, -0.2) is 22.7 Å². The third-order valence-corrected chi connectivity index (χ3v) is 4.88. The zero-order chi connectivity index (χ0) is 18.9. The van der Waals surface area contributed by atoms with Crippen molar-refractivity contribution in [3.8, 4) is 0 Å². The normalized spacial score (nSPS) is 19.5. The first-order chi connectivity index (χ1) is 12.2. The molecule has 0 radical (unpaired) electrons. The molecule has 1 fully saturated rings. The van der Waals surface area contributed by atoms with Crippen LogP contribution in [0.3, 0.4) is 0 Å². The molecule has 0 spiro atoms. The Morgan fingerprint density at radius 2 is 2.00 bits per heavy atom. The van der Waals surface area contributed by atoms with Gasteiger partial charge in [-0.1, -0.05) is 0 Å². The fourth-order valence-electron chi connectivity index (χ4n) is 3.07. The van der Waals surface area contributed by atoms with E-state index in [1.165, 1.54) is 0 Å². The Morgan fingerprint density at radius 3 is 2.58 bits per heavy atom. The summed E-state index contributed by atoms with van der Waals surface area (Å²) in [5, 5.41) is 4.25. The molecule has 26 heavy (non-hydrogen) atoms. The number of nitrogens with one attached hydrogen (secondary N) is 1. The van der Waals surface area contributed by atoms with Crippen molar-refractivity contribution in [2.45, 2.75) is 32.7 Å². The number of rotatable bonds is 4. The van der Waals surface area contributed by atoms with E-state index in [4.69, 9.17) is 5.73 Å². The Balaban J connectivity index is 2.01. The van der Waals surface area contributed by atoms with Crippen molar-refractivity contribution < 1.29 is 13.0 Å². The Bertz CT molecular complexity index is 926. The highest BCUT2D eigenvalue weighted by Gasteiger charge is 2.23. The lowest BCUT2D eigenvalue weighted by atomic mass is 10.1. The Morgan fingerprint density at radius 1 is 1.31 bits per heavy atom. The van der Waals surface area contributed by atoms with Crippen molar-refractivity contribution in [3.05, 3.63) is 30.1 Å². The first-order valence-electron chi connectivity index (χ1n) is 8.66. The lowest BCUT2D eigenvalue weighted by Gasteiger charge is -2.13. The van der Waals surface area contributed by atoms with Gasteiger partial charge in [0.25, 0.3) is 0 Å². The van der Waals surface area contributed by atoms with E-state index in [9.17, 15) is 8.42 Å². The van der Waals surface area contributed by atoms with Crippen molar-refractivity contribution >= 4 is 33.0 Å². The van der Waals surface area contributed by atoms with E-state index < -0.39 is 10.0 Å². The van der Waals surface area contributed by atoms with Gasteiger partial charge in [0.05, 0.1) is 23.9 Å². The van der Waals surface area contributed by atoms with Crippen LogP contribution in [0.4, 0.5) is 11.5 Å². The Hall–Kier alpha value is -2.42. The minimum Gasteiger partial charge on any atom is -0.382 e. The highest BCUT2D eigenvalue weighted by molar-refractivity contribution is 7.88. The molecular weight excluding hydrogens is 352 g/mol. The van der Waals surface area contributed by atoms with Gasteiger partial charge in [-0.15, -0.1) is 0 Å². The molecule has 1 aliphatic heterocycles. The maximum Gasteiger partial charge on any atom is 0.229 e. The van der Waals surface area contributed by atoms with E-state index in [0.29, 0.717) is 22.9 Å². The molecule has 0 atom stereocenters. The molecule has 9 heteroatoms. The van der Waals surface area contributed by atoms with Gasteiger partial charge >= 0.3 is 0 Å². The lowest BCUT2D eigenvalue weighted by Crippen LogP contribution is -2.29. The second kappa shape index (κ2) is 7.06. The van der Waals surface area contributed by atoms with Gasteiger partial charge in [0.1, 0.15) is 24.6 Å². The quantitative estimate of drug-likeness (QED) is 0.610. The lowest BCUT2D eigenvalue weighted by molar-refractivity contribution is -0.504. The van der Waals surface area contributed by atoms with Crippen LogP contribution in [0.15, 0.2) is 35.1 Å². The fraction of sp³-hybridized carbons (Fsp3) is 0.471. The number of nitrogens with zero attached hydrogens (tertiary/aromatic N) is 4. The van der Waals surface area contributed by atoms with Crippen molar-refractivity contribution in [1.82, 2.24) is 14.5 Å². The molecule has 0 aromatic carbocycles. The molecule has 1 aliphatic carbocycles. The van der Waals surface area contributed by atoms with Crippen LogP contribution in [0.1, 0.15) is 32.7 Å². The van der Waals surface area contributed by atoms with Crippen LogP contribution in [0.2, 0.25) is 0 Å². The zero-order valence-electron chi connectivity index (χ0n) is 15.3. The van der Waals surface area contributed by atoms with Crippen LogP contribution in [-0.4, -0.2) is 53.5 Å². The summed E-state index contributed by atoms with van der Waals surface area (Å²) in [7, 11) is -3.43. The van der Waals surface area contributed by atoms with Gasteiger partial charge in [-0.05, 0) is 19.9 Å². The number of hydrogen-bond donors (Lipinski definition) is 2. The molecule has 140 valence electrons. The van der Waals surface area contributed by atoms with Gasteiger partial charge in [-0.3, -0.25) is 4.72 Å². The van der Waals surface area contributed by atoms with Gasteiger partial charge < -0.3 is 5.73 Å². The van der Waals surface area contributed by atoms with E-state index in [0.717, 1.165) is 37.9 Å². The predicted octanol–water partition coefficient (Wildman–Crippen LogP) is 1.37. The fourth-order valence-corrected chi connectivity index (χ4v) is 3.63. The van der Waals surface area contributed by atoms with Crippen LogP contribution in [0.5, 0.6) is 0 Å². The van der Waals surface area contributed by atoms with Crippen LogP contribution < -0.4 is 10.5 Å². The van der Waals surface area contributed by atoms with Crippen molar-refractivity contribution in [2.24, 2.45) is 4.99 Å². The van der Waals surface area contributed by atoms with Crippen LogP contribution in [0.25, 0.3) is 0 Å². The summed E-state index contributed by atoms with van der Waals surface area (Å²) in [4.78, 5) is 4.54. The second-order valence-electron chi connectivity index (χ2n) is 6.84. The third kappa shape index (κ3) is 4.04. The van der Waals surface area contributed by atoms with E-state index in [2.05, 4.69) is 19.4 Å². The van der Waals surface area contributed by atoms with Crippen LogP contribution in [-0.2, 0) is 10.0 Å². The van der Waals surface area contributed by atoms with Gasteiger partial charge in [-0.2, -0.15) is 5.10 Å². The van der Waals surface area contributed by atoms with E-state index in [-0.39, 0.29) is 6.04 Å². The SMILES string of the molecule is CC(C)n1ncc(/N=C2/C=CC(=[N+]3CCCC3)C=C2NS(C)(=O)=O)c1N. The standard InChI is InChI=1S/C17H24N6O2S/c1-12(2)23-17(18)16(11-19-23)20-14-7-6-13(22-8-4-5-9-22)10-15(14)21-26(3,24)25/h6-7,10-12H,4-5,8-9H2,1-3H3,(H2,18,19,21)/p+1. The smallest absolute Gasteiger partial charge is 0.229 e. The molecule has 0 bridgehead atoms. The highest BCUT2D eigenvalue weighted by Crippen LogP contribution is 2.25. The molecule has 0 unspecified atom stereocenters. The summed E-state index contributed by atoms with van der Waals surface area (Å²) in [6, 6.07) is 0.116. The van der Waals surface area contributed by atoms with Crippen molar-refractivity contribution in [1.29, 1.82) is 0 Å². The molecule has 0 saturated carbocycles. The summed E-state index contributed by atoms with van der Waals surface area (Å²) in [6.45, 7) is 5.91. The number of anilines is 1. The number of sulfonamides is 1. The monoisotopic (exact) mass is 377 g/mol. The minimum absolute atomic E-state index is 0.116. The maximum absolute atomic E-state index is 11.8. The Labute approximate surface area is 153 Å². The Kier molecular flexibility index (Phi) is 4.99. The number of nitrogens with two attached hydrogens (primary N) is 1. The molecule has 0 amide bonds. The number of hydrogen-bond acceptors (Lipinski definition) is 5. The average Bonchev–Trinajstić information content (AvgIpc) is 3.18. The number of aromatic nitrogens is 2. The summed E-state index contributed by atoms with van der Waals surface area (Å²) < 4.78 is 30.1. The summed E-state index contributed by atoms with van der Waals surface area (Å²) in [5.74, 6) is 0.453. The topological polar surface area (TPSA) is 105 Å². The molecular formula is C17H25N6O2S+. The van der Waals surface area contributed by atoms with E-state index >= 15 is 0 Å². The molecule has 3 rings (SSSR count). The first-order valence-corrected chi connectivity index (χ1v) is 10.6. The van der Waals surface area contributed by atoms with Crippen molar-refractivity contribution in [3.63, 3.8) is 0 Å². The highest BCUT2D eigenvalue weighted by atomic mass is 32.2. The van der Waals surface area contributed by atoms with E-state index in [1.807, 2.05) is 32.1 Å². The summed E-state index contributed by atoms with van der Waals surface area (Å²) in [5.41, 5.74) is 8.57. The summed E-state index contributed by atoms with van der Waals surface area (Å²) in [6.07, 6.45) is 10.6. The molecule has 1 aromatic heterocycles. The van der Waals surface area contributed by atoms with Gasteiger partial charge in [0.2, 0.25) is 15.7 Å². The number of aliphatic imine (C=N–C) groups is 1. The third-order valence-electron chi connectivity index (χ3n) is 4.29. The molecule has 3 N–H and O–H groups in total. The largest absolute Gasteiger partial charge is 0.382 e. The number of nitrogen functional groups attached to an aromatic ring is 1. The molecule has 1 saturated heterocycles. The zero-order valence-corrected chi connectivity index (χ0v) is 16.1. The molecule has 2 heterocycles. The van der Waals surface area contributed by atoms with Gasteiger partial charge in [0.15, 0.2) is 0 Å². The van der Waals surface area contributed by atoms with Crippen LogP contribution >= 0.6 is 0 Å².